The van der Waals surface area contributed by atoms with Crippen LogP contribution < -0.4 is 4.74 Å². The molecule has 0 radical (unpaired) electrons. The maximum atomic E-state index is 11.4. The molecule has 0 bridgehead atoms. The van der Waals surface area contributed by atoms with Gasteiger partial charge < -0.3 is 28.4 Å². The highest BCUT2D eigenvalue weighted by Crippen LogP contribution is 2.37. The van der Waals surface area contributed by atoms with Crippen molar-refractivity contribution >= 4 is 22.7 Å². The van der Waals surface area contributed by atoms with E-state index in [0.717, 1.165) is 35.8 Å². The lowest BCUT2D eigenvalue weighted by molar-refractivity contribution is -0.141. The van der Waals surface area contributed by atoms with Gasteiger partial charge in [0.1, 0.15) is 25.6 Å². The first-order chi connectivity index (χ1) is 18.4. The Morgan fingerprint density at radius 3 is 2.13 bits per heavy atom. The molecule has 0 aromatic heterocycles. The van der Waals surface area contributed by atoms with Crippen LogP contribution in [0, 0.1) is 0 Å². The van der Waals surface area contributed by atoms with E-state index in [9.17, 15) is 9.59 Å². The van der Waals surface area contributed by atoms with E-state index < -0.39 is 11.9 Å². The van der Waals surface area contributed by atoms with Crippen LogP contribution >= 0.6 is 0 Å². The van der Waals surface area contributed by atoms with Gasteiger partial charge in [0.05, 0.1) is 39.1 Å². The quantitative estimate of drug-likeness (QED) is 0.174. The Hall–Kier alpha value is -3.20. The number of benzene rings is 2. The van der Waals surface area contributed by atoms with Crippen molar-refractivity contribution in [2.24, 2.45) is 0 Å². The van der Waals surface area contributed by atoms with E-state index in [1.807, 2.05) is 12.1 Å². The van der Waals surface area contributed by atoms with Gasteiger partial charge in [-0.15, -0.1) is 0 Å². The van der Waals surface area contributed by atoms with Gasteiger partial charge in [0, 0.05) is 16.5 Å². The molecule has 0 aliphatic heterocycles. The first-order valence-corrected chi connectivity index (χ1v) is 13.0. The Morgan fingerprint density at radius 1 is 0.842 bits per heavy atom. The SMILES string of the molecule is C=C(C)C(=O)OCCOCCOc1cccc2cc3c(cc12)CCCC3OCCOCCOC(=O)C(=C)C. The van der Waals surface area contributed by atoms with Crippen LogP contribution in [-0.4, -0.2) is 64.8 Å². The van der Waals surface area contributed by atoms with Crippen molar-refractivity contribution in [1.82, 2.24) is 0 Å². The highest BCUT2D eigenvalue weighted by molar-refractivity contribution is 5.90. The van der Waals surface area contributed by atoms with Gasteiger partial charge in [0.25, 0.3) is 0 Å². The lowest BCUT2D eigenvalue weighted by atomic mass is 9.87. The second-order valence-electron chi connectivity index (χ2n) is 9.19. The molecule has 0 saturated heterocycles. The van der Waals surface area contributed by atoms with Gasteiger partial charge in [-0.1, -0.05) is 25.3 Å². The molecular formula is C30H38O8. The molecule has 0 N–H and O–H groups in total. The van der Waals surface area contributed by atoms with Crippen molar-refractivity contribution < 1.29 is 38.0 Å². The van der Waals surface area contributed by atoms with E-state index in [1.54, 1.807) is 13.8 Å². The molecule has 8 nitrogen and oxygen atoms in total. The van der Waals surface area contributed by atoms with Gasteiger partial charge in [0.2, 0.25) is 0 Å². The zero-order valence-corrected chi connectivity index (χ0v) is 22.4. The maximum Gasteiger partial charge on any atom is 0.333 e. The number of ether oxygens (including phenoxy) is 6. The third-order valence-electron chi connectivity index (χ3n) is 6.01. The Balaban J connectivity index is 1.46. The molecule has 0 amide bonds. The van der Waals surface area contributed by atoms with Crippen LogP contribution in [0.5, 0.6) is 5.75 Å². The minimum absolute atomic E-state index is 0.0185. The van der Waals surface area contributed by atoms with Crippen LogP contribution in [-0.2, 0) is 39.7 Å². The summed E-state index contributed by atoms with van der Waals surface area (Å²) < 4.78 is 33.2. The number of hydrogen-bond acceptors (Lipinski definition) is 8. The topological polar surface area (TPSA) is 89.5 Å². The van der Waals surface area contributed by atoms with E-state index in [4.69, 9.17) is 28.4 Å². The molecule has 1 unspecified atom stereocenters. The third-order valence-corrected chi connectivity index (χ3v) is 6.01. The van der Waals surface area contributed by atoms with Gasteiger partial charge in [-0.25, -0.2) is 9.59 Å². The van der Waals surface area contributed by atoms with E-state index in [0.29, 0.717) is 50.8 Å². The summed E-state index contributed by atoms with van der Waals surface area (Å²) >= 11 is 0. The summed E-state index contributed by atoms with van der Waals surface area (Å²) in [4.78, 5) is 22.7. The Labute approximate surface area is 224 Å². The molecule has 8 heteroatoms. The fourth-order valence-corrected chi connectivity index (χ4v) is 4.10. The van der Waals surface area contributed by atoms with E-state index >= 15 is 0 Å². The summed E-state index contributed by atoms with van der Waals surface area (Å²) in [6.45, 7) is 13.0. The summed E-state index contributed by atoms with van der Waals surface area (Å²) in [5.41, 5.74) is 3.23. The van der Waals surface area contributed by atoms with Crippen LogP contribution in [0.1, 0.15) is 43.9 Å². The molecule has 38 heavy (non-hydrogen) atoms. The molecule has 3 rings (SSSR count). The van der Waals surface area contributed by atoms with Crippen molar-refractivity contribution in [2.45, 2.75) is 39.2 Å². The zero-order chi connectivity index (χ0) is 27.3. The van der Waals surface area contributed by atoms with E-state index in [1.165, 1.54) is 11.1 Å². The molecule has 206 valence electrons. The maximum absolute atomic E-state index is 11.4. The molecule has 0 heterocycles. The van der Waals surface area contributed by atoms with Crippen molar-refractivity contribution in [1.29, 1.82) is 0 Å². The number of fused-ring (bicyclic) bond motifs is 2. The molecule has 1 aliphatic rings. The number of carbonyl (C=O) groups is 2. The Bertz CT molecular complexity index is 1120. The van der Waals surface area contributed by atoms with Crippen LogP contribution in [0.3, 0.4) is 0 Å². The first-order valence-electron chi connectivity index (χ1n) is 13.0. The average molecular weight is 527 g/mol. The lowest BCUT2D eigenvalue weighted by Crippen LogP contribution is -2.17. The monoisotopic (exact) mass is 526 g/mol. The average Bonchev–Trinajstić information content (AvgIpc) is 2.90. The van der Waals surface area contributed by atoms with Crippen molar-refractivity contribution in [3.05, 3.63) is 65.8 Å². The summed E-state index contributed by atoms with van der Waals surface area (Å²) in [7, 11) is 0. The molecule has 0 spiro atoms. The molecule has 2 aromatic carbocycles. The smallest absolute Gasteiger partial charge is 0.333 e. The van der Waals surface area contributed by atoms with Gasteiger partial charge >= 0.3 is 11.9 Å². The van der Waals surface area contributed by atoms with E-state index in [-0.39, 0.29) is 19.3 Å². The predicted octanol–water partition coefficient (Wildman–Crippen LogP) is 4.88. The highest BCUT2D eigenvalue weighted by Gasteiger charge is 2.22. The zero-order valence-electron chi connectivity index (χ0n) is 22.4. The summed E-state index contributed by atoms with van der Waals surface area (Å²) in [6.07, 6.45) is 3.03. The lowest BCUT2D eigenvalue weighted by Gasteiger charge is -2.26. The van der Waals surface area contributed by atoms with Gasteiger partial charge in [-0.05, 0) is 67.8 Å². The fraction of sp³-hybridized carbons (Fsp3) is 0.467. The van der Waals surface area contributed by atoms with Crippen LogP contribution in [0.25, 0.3) is 10.8 Å². The van der Waals surface area contributed by atoms with Crippen LogP contribution in [0.4, 0.5) is 0 Å². The predicted molar refractivity (Wildman–Crippen MR) is 144 cm³/mol. The molecule has 0 saturated carbocycles. The van der Waals surface area contributed by atoms with Crippen molar-refractivity contribution in [3.8, 4) is 5.75 Å². The first kappa shape index (κ1) is 29.4. The molecule has 1 aliphatic carbocycles. The third kappa shape index (κ3) is 8.97. The van der Waals surface area contributed by atoms with Crippen LogP contribution in [0.2, 0.25) is 0 Å². The Morgan fingerprint density at radius 2 is 1.47 bits per heavy atom. The van der Waals surface area contributed by atoms with Crippen molar-refractivity contribution in [3.63, 3.8) is 0 Å². The molecule has 1 atom stereocenters. The second kappa shape index (κ2) is 15.3. The minimum Gasteiger partial charge on any atom is -0.491 e. The fourth-order valence-electron chi connectivity index (χ4n) is 4.10. The van der Waals surface area contributed by atoms with Crippen molar-refractivity contribution in [2.75, 3.05) is 52.9 Å². The standard InChI is InChI=1S/C30H38O8/c1-21(2)29(31)37-17-13-33-11-15-35-27-9-5-7-23-20-26-24(19-25(23)27)8-6-10-28(26)36-16-12-34-14-18-38-30(32)22(3)4/h5,7,9,19-20,28H,1,3,6,8,10-18H2,2,4H3. The highest BCUT2D eigenvalue weighted by atomic mass is 16.6. The van der Waals surface area contributed by atoms with Gasteiger partial charge in [-0.3, -0.25) is 0 Å². The number of esters is 2. The number of hydrogen-bond donors (Lipinski definition) is 0. The van der Waals surface area contributed by atoms with E-state index in [2.05, 4.69) is 31.4 Å². The molecule has 2 aromatic rings. The normalized spacial score (nSPS) is 14.5. The summed E-state index contributed by atoms with van der Waals surface area (Å²) in [5, 5.41) is 2.16. The largest absolute Gasteiger partial charge is 0.491 e. The molecular weight excluding hydrogens is 488 g/mol. The number of aryl methyl sites for hydroxylation is 1. The second-order valence-corrected chi connectivity index (χ2v) is 9.19. The Kier molecular flexibility index (Phi) is 11.8. The number of carbonyl (C=O) groups excluding carboxylic acids is 2. The van der Waals surface area contributed by atoms with Gasteiger partial charge in [0.15, 0.2) is 0 Å². The summed E-state index contributed by atoms with van der Waals surface area (Å²) in [5.74, 6) is -0.00768. The number of rotatable bonds is 16. The molecule has 0 fully saturated rings. The minimum atomic E-state index is -0.413. The summed E-state index contributed by atoms with van der Waals surface area (Å²) in [6, 6.07) is 10.4. The van der Waals surface area contributed by atoms with Crippen LogP contribution in [0.15, 0.2) is 54.6 Å². The van der Waals surface area contributed by atoms with Gasteiger partial charge in [-0.2, -0.15) is 0 Å².